The van der Waals surface area contributed by atoms with E-state index in [-0.39, 0.29) is 5.91 Å². The molecule has 5 heteroatoms. The molecule has 0 aromatic carbocycles. The van der Waals surface area contributed by atoms with E-state index in [9.17, 15) is 4.79 Å². The van der Waals surface area contributed by atoms with Crippen LogP contribution in [0.5, 0.6) is 0 Å². The monoisotopic (exact) mass is 262 g/mol. The van der Waals surface area contributed by atoms with Crippen LogP contribution in [-0.2, 0) is 11.8 Å². The zero-order valence-corrected chi connectivity index (χ0v) is 12.0. The molecule has 1 aromatic rings. The maximum atomic E-state index is 12.2. The Balaban J connectivity index is 1.94. The van der Waals surface area contributed by atoms with Gasteiger partial charge in [0.1, 0.15) is 12.2 Å². The number of allylic oxidation sites excluding steroid dienone is 1. The fourth-order valence-electron chi connectivity index (χ4n) is 2.65. The van der Waals surface area contributed by atoms with Crippen LogP contribution in [0, 0.1) is 0 Å². The van der Waals surface area contributed by atoms with Gasteiger partial charge in [-0.05, 0) is 26.2 Å². The number of carbonyl (C=O) groups excluding carboxylic acids is 1. The van der Waals surface area contributed by atoms with Crippen molar-refractivity contribution in [3.8, 4) is 0 Å². The molecule has 1 aliphatic rings. The van der Waals surface area contributed by atoms with Gasteiger partial charge in [-0.3, -0.25) is 4.79 Å². The number of carbonyl (C=O) groups is 1. The Hall–Kier alpha value is -1.65. The number of aromatic nitrogens is 3. The van der Waals surface area contributed by atoms with Crippen molar-refractivity contribution in [3.63, 3.8) is 0 Å². The van der Waals surface area contributed by atoms with Gasteiger partial charge in [0.25, 0.3) is 0 Å². The van der Waals surface area contributed by atoms with Crippen LogP contribution in [0.15, 0.2) is 18.0 Å². The number of aryl methyl sites for hydroxylation is 1. The van der Waals surface area contributed by atoms with Gasteiger partial charge in [-0.25, -0.2) is 0 Å². The molecule has 1 saturated heterocycles. The van der Waals surface area contributed by atoms with Gasteiger partial charge in [-0.1, -0.05) is 13.0 Å². The Bertz CT molecular complexity index is 470. The van der Waals surface area contributed by atoms with E-state index >= 15 is 0 Å². The van der Waals surface area contributed by atoms with Crippen molar-refractivity contribution in [3.05, 3.63) is 23.8 Å². The summed E-state index contributed by atoms with van der Waals surface area (Å²) in [5, 5.41) is 8.10. The molecular formula is C14H22N4O. The Kier molecular flexibility index (Phi) is 4.35. The molecule has 0 atom stereocenters. The van der Waals surface area contributed by atoms with Gasteiger partial charge >= 0.3 is 0 Å². The van der Waals surface area contributed by atoms with E-state index in [4.69, 9.17) is 0 Å². The molecule has 5 nitrogen and oxygen atoms in total. The molecular weight excluding hydrogens is 240 g/mol. The summed E-state index contributed by atoms with van der Waals surface area (Å²) >= 11 is 0. The van der Waals surface area contributed by atoms with E-state index in [2.05, 4.69) is 17.1 Å². The maximum Gasteiger partial charge on any atom is 0.249 e. The van der Waals surface area contributed by atoms with Gasteiger partial charge in [0.2, 0.25) is 5.91 Å². The zero-order valence-electron chi connectivity index (χ0n) is 12.0. The summed E-state index contributed by atoms with van der Waals surface area (Å²) in [7, 11) is 1.97. The summed E-state index contributed by atoms with van der Waals surface area (Å²) in [6.45, 7) is 5.58. The highest BCUT2D eigenvalue weighted by Gasteiger charge is 2.26. The van der Waals surface area contributed by atoms with Crippen LogP contribution in [0.1, 0.15) is 44.9 Å². The maximum absolute atomic E-state index is 12.2. The molecule has 19 heavy (non-hydrogen) atoms. The van der Waals surface area contributed by atoms with E-state index in [1.54, 1.807) is 6.33 Å². The molecule has 1 aromatic heterocycles. The molecule has 0 bridgehead atoms. The fourth-order valence-corrected chi connectivity index (χ4v) is 2.65. The third kappa shape index (κ3) is 3.03. The van der Waals surface area contributed by atoms with Gasteiger partial charge in [-0.2, -0.15) is 0 Å². The van der Waals surface area contributed by atoms with Crippen molar-refractivity contribution in [2.45, 2.75) is 39.0 Å². The lowest BCUT2D eigenvalue weighted by atomic mass is 9.95. The van der Waals surface area contributed by atoms with Crippen LogP contribution in [0.4, 0.5) is 0 Å². The predicted octanol–water partition coefficient (Wildman–Crippen LogP) is 1.88. The highest BCUT2D eigenvalue weighted by molar-refractivity contribution is 5.92. The second kappa shape index (κ2) is 5.99. The van der Waals surface area contributed by atoms with Gasteiger partial charge in [0.05, 0.1) is 0 Å². The lowest BCUT2D eigenvalue weighted by Crippen LogP contribution is -2.38. The van der Waals surface area contributed by atoms with Crippen molar-refractivity contribution in [2.24, 2.45) is 7.05 Å². The Morgan fingerprint density at radius 1 is 1.47 bits per heavy atom. The van der Waals surface area contributed by atoms with Gasteiger partial charge in [-0.15, -0.1) is 10.2 Å². The smallest absolute Gasteiger partial charge is 0.249 e. The molecule has 1 fully saturated rings. The Morgan fingerprint density at radius 2 is 2.16 bits per heavy atom. The molecule has 2 rings (SSSR count). The van der Waals surface area contributed by atoms with E-state index < -0.39 is 0 Å². The number of hydrogen-bond donors (Lipinski definition) is 0. The lowest BCUT2D eigenvalue weighted by molar-refractivity contribution is -0.128. The van der Waals surface area contributed by atoms with Crippen LogP contribution >= 0.6 is 0 Å². The molecule has 0 saturated carbocycles. The number of hydrogen-bond acceptors (Lipinski definition) is 3. The molecule has 1 aliphatic heterocycles. The standard InChI is InChI=1S/C14H22N4O/c1-4-5-11(2)14(19)18-8-6-12(7-9-18)13-16-15-10-17(13)3/h5,10,12H,4,6-9H2,1-3H3/b11-5+. The second-order valence-corrected chi connectivity index (χ2v) is 5.16. The third-order valence-corrected chi connectivity index (χ3v) is 3.74. The first-order valence-electron chi connectivity index (χ1n) is 6.93. The van der Waals surface area contributed by atoms with E-state index in [0.717, 1.165) is 43.7 Å². The highest BCUT2D eigenvalue weighted by Crippen LogP contribution is 2.26. The number of nitrogens with zero attached hydrogens (tertiary/aromatic N) is 4. The second-order valence-electron chi connectivity index (χ2n) is 5.16. The normalized spacial score (nSPS) is 17.8. The summed E-state index contributed by atoms with van der Waals surface area (Å²) in [6, 6.07) is 0. The van der Waals surface area contributed by atoms with Crippen molar-refractivity contribution in [2.75, 3.05) is 13.1 Å². The Morgan fingerprint density at radius 3 is 2.68 bits per heavy atom. The van der Waals surface area contributed by atoms with Crippen molar-refractivity contribution < 1.29 is 4.79 Å². The summed E-state index contributed by atoms with van der Waals surface area (Å²) in [4.78, 5) is 14.1. The van der Waals surface area contributed by atoms with Crippen molar-refractivity contribution >= 4 is 5.91 Å². The van der Waals surface area contributed by atoms with Crippen LogP contribution in [0.25, 0.3) is 0 Å². The van der Waals surface area contributed by atoms with E-state index in [1.165, 1.54) is 0 Å². The SMILES string of the molecule is CC/C=C(\C)C(=O)N1CCC(c2nncn2C)CC1. The zero-order chi connectivity index (χ0) is 13.8. The summed E-state index contributed by atoms with van der Waals surface area (Å²) < 4.78 is 1.98. The van der Waals surface area contributed by atoms with Crippen molar-refractivity contribution in [1.29, 1.82) is 0 Å². The average molecular weight is 262 g/mol. The third-order valence-electron chi connectivity index (χ3n) is 3.74. The van der Waals surface area contributed by atoms with Gasteiger partial charge in [0, 0.05) is 31.6 Å². The van der Waals surface area contributed by atoms with Crippen LogP contribution < -0.4 is 0 Å². The minimum absolute atomic E-state index is 0.179. The minimum Gasteiger partial charge on any atom is -0.339 e. The minimum atomic E-state index is 0.179. The van der Waals surface area contributed by atoms with Gasteiger partial charge < -0.3 is 9.47 Å². The van der Waals surface area contributed by atoms with E-state index in [0.29, 0.717) is 5.92 Å². The first-order chi connectivity index (χ1) is 9.13. The average Bonchev–Trinajstić information content (AvgIpc) is 2.84. The summed E-state index contributed by atoms with van der Waals surface area (Å²) in [5.74, 6) is 1.64. The lowest BCUT2D eigenvalue weighted by Gasteiger charge is -2.31. The number of likely N-dealkylation sites (tertiary alicyclic amines) is 1. The molecule has 0 radical (unpaired) electrons. The summed E-state index contributed by atoms with van der Waals surface area (Å²) in [5.41, 5.74) is 0.861. The van der Waals surface area contributed by atoms with Crippen LogP contribution in [-0.4, -0.2) is 38.7 Å². The molecule has 1 amide bonds. The van der Waals surface area contributed by atoms with Crippen molar-refractivity contribution in [1.82, 2.24) is 19.7 Å². The highest BCUT2D eigenvalue weighted by atomic mass is 16.2. The fraction of sp³-hybridized carbons (Fsp3) is 0.643. The first kappa shape index (κ1) is 13.8. The first-order valence-corrected chi connectivity index (χ1v) is 6.93. The molecule has 0 spiro atoms. The molecule has 104 valence electrons. The Labute approximate surface area is 114 Å². The topological polar surface area (TPSA) is 51.0 Å². The van der Waals surface area contributed by atoms with Crippen LogP contribution in [0.3, 0.4) is 0 Å². The molecule has 0 unspecified atom stereocenters. The van der Waals surface area contributed by atoms with Gasteiger partial charge in [0.15, 0.2) is 0 Å². The predicted molar refractivity (Wildman–Crippen MR) is 73.6 cm³/mol. The molecule has 0 aliphatic carbocycles. The number of piperidine rings is 1. The van der Waals surface area contributed by atoms with E-state index in [1.807, 2.05) is 29.5 Å². The number of rotatable bonds is 3. The largest absolute Gasteiger partial charge is 0.339 e. The number of amides is 1. The quantitative estimate of drug-likeness (QED) is 0.781. The summed E-state index contributed by atoms with van der Waals surface area (Å²) in [6.07, 6.45) is 6.58. The van der Waals surface area contributed by atoms with Crippen LogP contribution in [0.2, 0.25) is 0 Å². The molecule has 2 heterocycles. The molecule has 0 N–H and O–H groups in total.